The molecule has 178 valence electrons. The molecule has 5 rings (SSSR count). The minimum Gasteiger partial charge on any atom is -0.497 e. The number of hydrogen-bond acceptors (Lipinski definition) is 5. The molecule has 3 aromatic carbocycles. The van der Waals surface area contributed by atoms with Gasteiger partial charge in [-0.1, -0.05) is 6.07 Å². The summed E-state index contributed by atoms with van der Waals surface area (Å²) in [5, 5.41) is 4.32. The monoisotopic (exact) mass is 474 g/mol. The van der Waals surface area contributed by atoms with Crippen LogP contribution in [0.3, 0.4) is 0 Å². The van der Waals surface area contributed by atoms with E-state index < -0.39 is 17.5 Å². The van der Waals surface area contributed by atoms with Crippen LogP contribution in [0.4, 0.5) is 26.0 Å². The third kappa shape index (κ3) is 4.73. The molecule has 0 bridgehead atoms. The quantitative estimate of drug-likeness (QED) is 0.436. The number of carbonyl (C=O) groups is 1. The number of piperazine rings is 1. The predicted octanol–water partition coefficient (Wildman–Crippen LogP) is 5.10. The van der Waals surface area contributed by atoms with Gasteiger partial charge in [0.2, 0.25) is 0 Å². The molecule has 1 aliphatic rings. The van der Waals surface area contributed by atoms with Gasteiger partial charge in [-0.2, -0.15) is 0 Å². The molecular weight excluding hydrogens is 450 g/mol. The van der Waals surface area contributed by atoms with Crippen LogP contribution in [0, 0.1) is 11.6 Å². The Morgan fingerprint density at radius 3 is 2.37 bits per heavy atom. The highest BCUT2D eigenvalue weighted by Gasteiger charge is 2.21. The molecule has 1 saturated heterocycles. The SMILES string of the molecule is COc1ccc(N2CCN(c3nccc4ccc(C(=O)Nc5ccc(F)cc5F)cc34)CC2)cc1. The molecule has 0 spiro atoms. The zero-order chi connectivity index (χ0) is 24.4. The molecule has 0 saturated carbocycles. The van der Waals surface area contributed by atoms with E-state index in [4.69, 9.17) is 4.74 Å². The lowest BCUT2D eigenvalue weighted by Gasteiger charge is -2.37. The molecule has 1 fully saturated rings. The molecule has 0 radical (unpaired) electrons. The summed E-state index contributed by atoms with van der Waals surface area (Å²) in [5.41, 5.74) is 1.44. The molecule has 0 atom stereocenters. The second-order valence-electron chi connectivity index (χ2n) is 8.32. The van der Waals surface area contributed by atoms with E-state index in [0.29, 0.717) is 5.56 Å². The summed E-state index contributed by atoms with van der Waals surface area (Å²) >= 11 is 0. The average molecular weight is 475 g/mol. The van der Waals surface area contributed by atoms with Gasteiger partial charge in [0.25, 0.3) is 5.91 Å². The number of methoxy groups -OCH3 is 1. The fraction of sp³-hybridized carbons (Fsp3) is 0.185. The topological polar surface area (TPSA) is 57.7 Å². The fourth-order valence-electron chi connectivity index (χ4n) is 4.30. The predicted molar refractivity (Wildman–Crippen MR) is 133 cm³/mol. The summed E-state index contributed by atoms with van der Waals surface area (Å²) < 4.78 is 32.4. The van der Waals surface area contributed by atoms with Crippen molar-refractivity contribution in [2.45, 2.75) is 0 Å². The number of hydrogen-bond donors (Lipinski definition) is 1. The number of halogens is 2. The van der Waals surface area contributed by atoms with E-state index in [1.807, 2.05) is 24.3 Å². The molecule has 1 N–H and O–H groups in total. The van der Waals surface area contributed by atoms with Crippen LogP contribution in [0.1, 0.15) is 10.4 Å². The summed E-state index contributed by atoms with van der Waals surface area (Å²) in [4.78, 5) is 22.0. The molecule has 1 aromatic heterocycles. The highest BCUT2D eigenvalue weighted by atomic mass is 19.1. The standard InChI is InChI=1S/C27H24F2N4O2/c1-35-22-7-5-21(6-8-22)32-12-14-33(15-13-32)26-23-16-19(3-2-18(23)10-11-30-26)27(34)31-25-9-4-20(28)17-24(25)29/h2-11,16-17H,12-15H2,1H3,(H,31,34). The van der Waals surface area contributed by atoms with E-state index in [1.54, 1.807) is 25.4 Å². The zero-order valence-corrected chi connectivity index (χ0v) is 19.2. The molecule has 1 aliphatic heterocycles. The Morgan fingerprint density at radius 2 is 1.66 bits per heavy atom. The van der Waals surface area contributed by atoms with Crippen molar-refractivity contribution < 1.29 is 18.3 Å². The molecule has 0 aliphatic carbocycles. The van der Waals surface area contributed by atoms with Crippen molar-refractivity contribution in [2.75, 3.05) is 48.4 Å². The van der Waals surface area contributed by atoms with Gasteiger partial charge < -0.3 is 19.9 Å². The second-order valence-corrected chi connectivity index (χ2v) is 8.32. The number of fused-ring (bicyclic) bond motifs is 1. The van der Waals surface area contributed by atoms with Gasteiger partial charge in [0.05, 0.1) is 12.8 Å². The third-order valence-electron chi connectivity index (χ3n) is 6.20. The Kier molecular flexibility index (Phi) is 6.18. The maximum atomic E-state index is 14.0. The number of nitrogens with one attached hydrogen (secondary N) is 1. The van der Waals surface area contributed by atoms with Crippen LogP contribution in [0.5, 0.6) is 5.75 Å². The summed E-state index contributed by atoms with van der Waals surface area (Å²) in [7, 11) is 1.65. The number of carbonyl (C=O) groups excluding carboxylic acids is 1. The van der Waals surface area contributed by atoms with Crippen molar-refractivity contribution in [3.8, 4) is 5.75 Å². The number of ether oxygens (including phenoxy) is 1. The van der Waals surface area contributed by atoms with Gasteiger partial charge in [-0.05, 0) is 60.0 Å². The maximum Gasteiger partial charge on any atom is 0.255 e. The minimum atomic E-state index is -0.823. The molecular formula is C27H24F2N4O2. The van der Waals surface area contributed by atoms with E-state index in [2.05, 4.69) is 32.2 Å². The largest absolute Gasteiger partial charge is 0.497 e. The third-order valence-corrected chi connectivity index (χ3v) is 6.20. The summed E-state index contributed by atoms with van der Waals surface area (Å²) in [6, 6.07) is 18.3. The molecule has 6 nitrogen and oxygen atoms in total. The lowest BCUT2D eigenvalue weighted by Crippen LogP contribution is -2.46. The molecule has 0 unspecified atom stereocenters. The number of rotatable bonds is 5. The van der Waals surface area contributed by atoms with Crippen LogP contribution < -0.4 is 19.9 Å². The number of amides is 1. The maximum absolute atomic E-state index is 14.0. The number of anilines is 3. The highest BCUT2D eigenvalue weighted by molar-refractivity contribution is 6.07. The van der Waals surface area contributed by atoms with E-state index in [0.717, 1.165) is 66.3 Å². The Labute approximate surface area is 201 Å². The minimum absolute atomic E-state index is 0.0717. The molecule has 4 aromatic rings. The van der Waals surface area contributed by atoms with Crippen LogP contribution in [-0.4, -0.2) is 44.2 Å². The van der Waals surface area contributed by atoms with Gasteiger partial charge in [-0.25, -0.2) is 13.8 Å². The highest BCUT2D eigenvalue weighted by Crippen LogP contribution is 2.28. The fourth-order valence-corrected chi connectivity index (χ4v) is 4.30. The van der Waals surface area contributed by atoms with Crippen molar-refractivity contribution in [3.63, 3.8) is 0 Å². The molecule has 8 heteroatoms. The van der Waals surface area contributed by atoms with Gasteiger partial charge in [-0.3, -0.25) is 4.79 Å². The van der Waals surface area contributed by atoms with Gasteiger partial charge >= 0.3 is 0 Å². The first-order valence-corrected chi connectivity index (χ1v) is 11.3. The van der Waals surface area contributed by atoms with Gasteiger partial charge in [0, 0.05) is 55.1 Å². The van der Waals surface area contributed by atoms with Gasteiger partial charge in [0.1, 0.15) is 23.2 Å². The van der Waals surface area contributed by atoms with Crippen molar-refractivity contribution >= 4 is 33.9 Å². The number of pyridine rings is 1. The van der Waals surface area contributed by atoms with E-state index >= 15 is 0 Å². The number of aromatic nitrogens is 1. The average Bonchev–Trinajstić information content (AvgIpc) is 2.90. The van der Waals surface area contributed by atoms with Crippen LogP contribution in [0.25, 0.3) is 10.8 Å². The number of nitrogens with zero attached hydrogens (tertiary/aromatic N) is 3. The first-order valence-electron chi connectivity index (χ1n) is 11.3. The first-order chi connectivity index (χ1) is 17.0. The second kappa shape index (κ2) is 9.58. The van der Waals surface area contributed by atoms with Crippen molar-refractivity contribution in [3.05, 3.63) is 90.1 Å². The zero-order valence-electron chi connectivity index (χ0n) is 19.2. The van der Waals surface area contributed by atoms with Crippen LogP contribution >= 0.6 is 0 Å². The Balaban J connectivity index is 1.35. The van der Waals surface area contributed by atoms with E-state index in [9.17, 15) is 13.6 Å². The molecule has 35 heavy (non-hydrogen) atoms. The lowest BCUT2D eigenvalue weighted by molar-refractivity contribution is 0.102. The number of benzene rings is 3. The van der Waals surface area contributed by atoms with Gasteiger partial charge in [0.15, 0.2) is 0 Å². The molecule has 1 amide bonds. The first kappa shape index (κ1) is 22.6. The summed E-state index contributed by atoms with van der Waals surface area (Å²) in [6.07, 6.45) is 1.77. The smallest absolute Gasteiger partial charge is 0.255 e. The Morgan fingerprint density at radius 1 is 0.914 bits per heavy atom. The van der Waals surface area contributed by atoms with Crippen molar-refractivity contribution in [1.29, 1.82) is 0 Å². The van der Waals surface area contributed by atoms with Crippen molar-refractivity contribution in [1.82, 2.24) is 4.98 Å². The van der Waals surface area contributed by atoms with E-state index in [-0.39, 0.29) is 5.69 Å². The van der Waals surface area contributed by atoms with Gasteiger partial charge in [-0.15, -0.1) is 0 Å². The normalized spacial score (nSPS) is 13.7. The van der Waals surface area contributed by atoms with Crippen LogP contribution in [-0.2, 0) is 0 Å². The Bertz CT molecular complexity index is 1370. The van der Waals surface area contributed by atoms with Crippen LogP contribution in [0.2, 0.25) is 0 Å². The van der Waals surface area contributed by atoms with Crippen molar-refractivity contribution in [2.24, 2.45) is 0 Å². The summed E-state index contributed by atoms with van der Waals surface area (Å²) in [6.45, 7) is 3.20. The van der Waals surface area contributed by atoms with E-state index in [1.165, 1.54) is 6.07 Å². The van der Waals surface area contributed by atoms with Crippen LogP contribution in [0.15, 0.2) is 72.9 Å². The Hall–Kier alpha value is -4.20. The molecule has 2 heterocycles. The summed E-state index contributed by atoms with van der Waals surface area (Å²) in [5.74, 6) is -0.365. The lowest BCUT2D eigenvalue weighted by atomic mass is 10.1.